The fourth-order valence-electron chi connectivity index (χ4n) is 6.94. The molecule has 12 heteroatoms. The Morgan fingerprint density at radius 2 is 1.49 bits per heavy atom. The SMILES string of the molecule is CC(=O)N1CCC(CN2CCC(C(=O)N(Cc3cc(C(F)(F)F)cc(C(F)(F)F)c3)C3CC3)C(c3ccc(F)cc3C)C2)CC1. The highest BCUT2D eigenvalue weighted by Crippen LogP contribution is 2.41. The zero-order valence-corrected chi connectivity index (χ0v) is 25.4. The molecule has 0 radical (unpaired) electrons. The van der Waals surface area contributed by atoms with Crippen molar-refractivity contribution >= 4 is 11.8 Å². The largest absolute Gasteiger partial charge is 0.416 e. The molecule has 246 valence electrons. The molecule has 1 aliphatic carbocycles. The number of amides is 2. The molecule has 0 aromatic heterocycles. The van der Waals surface area contributed by atoms with Crippen LogP contribution >= 0.6 is 0 Å². The highest BCUT2D eigenvalue weighted by atomic mass is 19.4. The third-order valence-electron chi connectivity index (χ3n) is 9.49. The smallest absolute Gasteiger partial charge is 0.343 e. The van der Waals surface area contributed by atoms with Gasteiger partial charge in [0.25, 0.3) is 0 Å². The molecule has 3 fully saturated rings. The van der Waals surface area contributed by atoms with Crippen LogP contribution in [-0.4, -0.2) is 65.3 Å². The molecule has 0 bridgehead atoms. The van der Waals surface area contributed by atoms with Crippen molar-refractivity contribution in [1.29, 1.82) is 0 Å². The van der Waals surface area contributed by atoms with Crippen molar-refractivity contribution in [3.8, 4) is 0 Å². The van der Waals surface area contributed by atoms with E-state index in [1.54, 1.807) is 19.9 Å². The van der Waals surface area contributed by atoms with Crippen molar-refractivity contribution in [3.05, 3.63) is 70.0 Å². The van der Waals surface area contributed by atoms with Crippen LogP contribution in [0.2, 0.25) is 0 Å². The van der Waals surface area contributed by atoms with Crippen molar-refractivity contribution in [3.63, 3.8) is 0 Å². The second kappa shape index (κ2) is 12.9. The van der Waals surface area contributed by atoms with Crippen molar-refractivity contribution in [2.45, 2.75) is 76.8 Å². The summed E-state index contributed by atoms with van der Waals surface area (Å²) < 4.78 is 95.5. The molecular weight excluding hydrogens is 603 g/mol. The number of carbonyl (C=O) groups excluding carboxylic acids is 2. The lowest BCUT2D eigenvalue weighted by Crippen LogP contribution is -2.49. The van der Waals surface area contributed by atoms with Crippen LogP contribution in [-0.2, 0) is 28.5 Å². The van der Waals surface area contributed by atoms with E-state index in [4.69, 9.17) is 0 Å². The molecule has 2 aliphatic heterocycles. The summed E-state index contributed by atoms with van der Waals surface area (Å²) in [4.78, 5) is 31.6. The quantitative estimate of drug-likeness (QED) is 0.305. The van der Waals surface area contributed by atoms with Gasteiger partial charge in [0.1, 0.15) is 5.82 Å². The van der Waals surface area contributed by atoms with Crippen molar-refractivity contribution < 1.29 is 40.3 Å². The third-order valence-corrected chi connectivity index (χ3v) is 9.49. The number of halogens is 7. The average Bonchev–Trinajstić information content (AvgIpc) is 3.80. The van der Waals surface area contributed by atoms with Gasteiger partial charge >= 0.3 is 12.4 Å². The summed E-state index contributed by atoms with van der Waals surface area (Å²) in [5.41, 5.74) is -1.54. The predicted octanol–water partition coefficient (Wildman–Crippen LogP) is 7.03. The van der Waals surface area contributed by atoms with Gasteiger partial charge in [-0.25, -0.2) is 4.39 Å². The van der Waals surface area contributed by atoms with E-state index in [0.717, 1.165) is 24.9 Å². The Kier molecular flexibility index (Phi) is 9.54. The fourth-order valence-corrected chi connectivity index (χ4v) is 6.94. The van der Waals surface area contributed by atoms with Crippen LogP contribution in [0.25, 0.3) is 0 Å². The molecule has 45 heavy (non-hydrogen) atoms. The standard InChI is InChI=1S/C33H38F7N3O2/c1-20-13-26(34)3-6-28(20)30-19-41(17-22-7-11-42(12-8-22)21(2)44)10-9-29(30)31(45)43(27-4-5-27)18-23-14-24(32(35,36)37)16-25(15-23)33(38,39)40/h3,6,13-16,22,27,29-30H,4-5,7-12,17-19H2,1-2H3. The molecule has 2 saturated heterocycles. The third kappa shape index (κ3) is 7.99. The summed E-state index contributed by atoms with van der Waals surface area (Å²) in [7, 11) is 0. The van der Waals surface area contributed by atoms with Gasteiger partial charge in [0, 0.05) is 57.5 Å². The maximum atomic E-state index is 14.3. The summed E-state index contributed by atoms with van der Waals surface area (Å²) in [6.07, 6.45) is -6.54. The van der Waals surface area contributed by atoms with Gasteiger partial charge in [-0.05, 0) is 98.5 Å². The van der Waals surface area contributed by atoms with Gasteiger partial charge in [0.15, 0.2) is 0 Å². The van der Waals surface area contributed by atoms with Crippen LogP contribution in [0.15, 0.2) is 36.4 Å². The molecule has 2 aromatic rings. The Morgan fingerprint density at radius 3 is 2.02 bits per heavy atom. The fraction of sp³-hybridized carbons (Fsp3) is 0.576. The molecule has 2 heterocycles. The molecule has 0 spiro atoms. The monoisotopic (exact) mass is 641 g/mol. The summed E-state index contributed by atoms with van der Waals surface area (Å²) in [5.74, 6) is -1.19. The Morgan fingerprint density at radius 1 is 0.867 bits per heavy atom. The van der Waals surface area contributed by atoms with Gasteiger partial charge in [-0.15, -0.1) is 0 Å². The Balaban J connectivity index is 1.39. The lowest BCUT2D eigenvalue weighted by molar-refractivity contribution is -0.143. The zero-order valence-electron chi connectivity index (χ0n) is 25.4. The first-order valence-electron chi connectivity index (χ1n) is 15.4. The molecule has 2 aromatic carbocycles. The highest BCUT2D eigenvalue weighted by molar-refractivity contribution is 5.81. The maximum Gasteiger partial charge on any atom is 0.416 e. The maximum absolute atomic E-state index is 14.3. The second-order valence-electron chi connectivity index (χ2n) is 12.8. The molecule has 5 rings (SSSR count). The number of carbonyl (C=O) groups is 2. The second-order valence-corrected chi connectivity index (χ2v) is 12.8. The van der Waals surface area contributed by atoms with Gasteiger partial charge in [-0.3, -0.25) is 9.59 Å². The van der Waals surface area contributed by atoms with E-state index >= 15 is 0 Å². The normalized spacial score (nSPS) is 22.0. The molecule has 2 atom stereocenters. The van der Waals surface area contributed by atoms with Crippen LogP contribution in [0, 0.1) is 24.6 Å². The van der Waals surface area contributed by atoms with Crippen LogP contribution in [0.3, 0.4) is 0 Å². The van der Waals surface area contributed by atoms with E-state index in [0.29, 0.717) is 69.1 Å². The van der Waals surface area contributed by atoms with Crippen LogP contribution in [0.4, 0.5) is 30.7 Å². The number of likely N-dealkylation sites (tertiary alicyclic amines) is 2. The number of benzene rings is 2. The number of hydrogen-bond donors (Lipinski definition) is 0. The van der Waals surface area contributed by atoms with Crippen LogP contribution in [0.1, 0.15) is 72.8 Å². The average molecular weight is 642 g/mol. The molecular formula is C33H38F7N3O2. The van der Waals surface area contributed by atoms with Crippen molar-refractivity contribution in [2.75, 3.05) is 32.7 Å². The summed E-state index contributed by atoms with van der Waals surface area (Å²) in [6, 6.07) is 5.65. The van der Waals surface area contributed by atoms with Gasteiger partial charge in [0.05, 0.1) is 11.1 Å². The minimum Gasteiger partial charge on any atom is -0.343 e. The first kappa shape index (κ1) is 33.2. The molecule has 1 saturated carbocycles. The lowest BCUT2D eigenvalue weighted by atomic mass is 9.77. The molecule has 2 amide bonds. The van der Waals surface area contributed by atoms with Crippen molar-refractivity contribution in [1.82, 2.24) is 14.7 Å². The summed E-state index contributed by atoms with van der Waals surface area (Å²) in [6.45, 7) is 6.24. The molecule has 2 unspecified atom stereocenters. The van der Waals surface area contributed by atoms with Gasteiger partial charge in [-0.2, -0.15) is 26.3 Å². The zero-order chi connectivity index (χ0) is 32.7. The summed E-state index contributed by atoms with van der Waals surface area (Å²) in [5, 5.41) is 0. The van der Waals surface area contributed by atoms with E-state index in [1.165, 1.54) is 17.0 Å². The van der Waals surface area contributed by atoms with E-state index in [2.05, 4.69) is 4.90 Å². The van der Waals surface area contributed by atoms with Crippen LogP contribution < -0.4 is 0 Å². The highest BCUT2D eigenvalue weighted by Gasteiger charge is 2.43. The van der Waals surface area contributed by atoms with Gasteiger partial charge in [0.2, 0.25) is 11.8 Å². The van der Waals surface area contributed by atoms with Gasteiger partial charge in [-0.1, -0.05) is 6.07 Å². The van der Waals surface area contributed by atoms with Crippen molar-refractivity contribution in [2.24, 2.45) is 11.8 Å². The van der Waals surface area contributed by atoms with Gasteiger partial charge < -0.3 is 14.7 Å². The molecule has 3 aliphatic rings. The first-order chi connectivity index (χ1) is 21.1. The Bertz CT molecular complexity index is 1370. The number of piperidine rings is 2. The van der Waals surface area contributed by atoms with E-state index in [1.807, 2.05) is 4.90 Å². The van der Waals surface area contributed by atoms with E-state index in [9.17, 15) is 40.3 Å². The van der Waals surface area contributed by atoms with E-state index < -0.39 is 35.2 Å². The first-order valence-corrected chi connectivity index (χ1v) is 15.4. The Labute approximate surface area is 258 Å². The molecule has 0 N–H and O–H groups in total. The van der Waals surface area contributed by atoms with E-state index in [-0.39, 0.29) is 41.9 Å². The lowest BCUT2D eigenvalue weighted by Gasteiger charge is -2.42. The minimum atomic E-state index is -4.98. The minimum absolute atomic E-state index is 0.0552. The summed E-state index contributed by atoms with van der Waals surface area (Å²) >= 11 is 0. The number of nitrogens with zero attached hydrogens (tertiary/aromatic N) is 3. The predicted molar refractivity (Wildman–Crippen MR) is 153 cm³/mol. The number of alkyl halides is 6. The van der Waals surface area contributed by atoms with Crippen LogP contribution in [0.5, 0.6) is 0 Å². The topological polar surface area (TPSA) is 43.9 Å². The molecule has 5 nitrogen and oxygen atoms in total. The number of rotatable bonds is 7. The number of hydrogen-bond acceptors (Lipinski definition) is 3. The number of aryl methyl sites for hydroxylation is 1. The Hall–Kier alpha value is -3.15.